The van der Waals surface area contributed by atoms with E-state index in [9.17, 15) is 0 Å². The van der Waals surface area contributed by atoms with Crippen LogP contribution in [0.25, 0.3) is 0 Å². The van der Waals surface area contributed by atoms with Crippen molar-refractivity contribution in [2.75, 3.05) is 31.7 Å². The van der Waals surface area contributed by atoms with Gasteiger partial charge >= 0.3 is 0 Å². The highest BCUT2D eigenvalue weighted by molar-refractivity contribution is 5.51. The van der Waals surface area contributed by atoms with Gasteiger partial charge in [-0.1, -0.05) is 0 Å². The van der Waals surface area contributed by atoms with Crippen molar-refractivity contribution in [3.8, 4) is 0 Å². The van der Waals surface area contributed by atoms with Crippen molar-refractivity contribution in [2.24, 2.45) is 5.92 Å². The summed E-state index contributed by atoms with van der Waals surface area (Å²) in [6, 6.07) is 2.87. The first-order chi connectivity index (χ1) is 9.83. The SMILES string of the molecule is CN(CC1CCCOC1)c1ccncc1CNC1CC1. The van der Waals surface area contributed by atoms with Crippen LogP contribution in [0.15, 0.2) is 18.5 Å². The highest BCUT2D eigenvalue weighted by Gasteiger charge is 2.21. The third kappa shape index (κ3) is 3.70. The maximum absolute atomic E-state index is 5.58. The lowest BCUT2D eigenvalue weighted by atomic mass is 10.0. The number of anilines is 1. The van der Waals surface area contributed by atoms with Gasteiger partial charge in [-0.2, -0.15) is 0 Å². The summed E-state index contributed by atoms with van der Waals surface area (Å²) < 4.78 is 5.58. The van der Waals surface area contributed by atoms with Gasteiger partial charge in [0.25, 0.3) is 0 Å². The van der Waals surface area contributed by atoms with E-state index >= 15 is 0 Å². The molecular formula is C16H25N3O. The van der Waals surface area contributed by atoms with Crippen molar-refractivity contribution >= 4 is 5.69 Å². The van der Waals surface area contributed by atoms with E-state index in [-0.39, 0.29) is 0 Å². The van der Waals surface area contributed by atoms with Crippen LogP contribution < -0.4 is 10.2 Å². The Morgan fingerprint density at radius 1 is 1.40 bits per heavy atom. The molecule has 2 fully saturated rings. The molecule has 1 aromatic heterocycles. The molecule has 1 N–H and O–H groups in total. The zero-order valence-corrected chi connectivity index (χ0v) is 12.3. The average Bonchev–Trinajstić information content (AvgIpc) is 3.31. The van der Waals surface area contributed by atoms with Crippen LogP contribution in [-0.4, -0.2) is 37.8 Å². The number of aromatic nitrogens is 1. The molecule has 1 saturated heterocycles. The molecule has 2 aliphatic rings. The van der Waals surface area contributed by atoms with Crippen LogP contribution >= 0.6 is 0 Å². The lowest BCUT2D eigenvalue weighted by Crippen LogP contribution is -2.31. The molecule has 3 rings (SSSR count). The van der Waals surface area contributed by atoms with Crippen molar-refractivity contribution in [2.45, 2.75) is 38.3 Å². The van der Waals surface area contributed by atoms with E-state index in [2.05, 4.69) is 28.3 Å². The van der Waals surface area contributed by atoms with Crippen LogP contribution in [-0.2, 0) is 11.3 Å². The molecule has 1 atom stereocenters. The molecule has 4 heteroatoms. The van der Waals surface area contributed by atoms with Gasteiger partial charge in [-0.05, 0) is 37.7 Å². The minimum atomic E-state index is 0.658. The largest absolute Gasteiger partial charge is 0.381 e. The van der Waals surface area contributed by atoms with Crippen molar-refractivity contribution < 1.29 is 4.74 Å². The summed E-state index contributed by atoms with van der Waals surface area (Å²) in [6.07, 6.45) is 9.02. The molecule has 1 aromatic rings. The van der Waals surface area contributed by atoms with Gasteiger partial charge in [-0.3, -0.25) is 4.98 Å². The maximum Gasteiger partial charge on any atom is 0.0511 e. The van der Waals surface area contributed by atoms with Crippen LogP contribution in [0.2, 0.25) is 0 Å². The molecule has 0 bridgehead atoms. The molecule has 0 amide bonds. The second kappa shape index (κ2) is 6.55. The van der Waals surface area contributed by atoms with E-state index in [0.29, 0.717) is 5.92 Å². The summed E-state index contributed by atoms with van der Waals surface area (Å²) in [5.74, 6) is 0.658. The molecule has 110 valence electrons. The molecule has 1 aliphatic heterocycles. The zero-order chi connectivity index (χ0) is 13.8. The van der Waals surface area contributed by atoms with Crippen LogP contribution in [0.3, 0.4) is 0 Å². The fourth-order valence-electron chi connectivity index (χ4n) is 2.91. The first-order valence-corrected chi connectivity index (χ1v) is 7.78. The third-order valence-corrected chi connectivity index (χ3v) is 4.23. The van der Waals surface area contributed by atoms with Gasteiger partial charge in [0.2, 0.25) is 0 Å². The Bertz CT molecular complexity index is 427. The zero-order valence-electron chi connectivity index (χ0n) is 12.3. The third-order valence-electron chi connectivity index (χ3n) is 4.23. The summed E-state index contributed by atoms with van der Waals surface area (Å²) in [7, 11) is 2.19. The van der Waals surface area contributed by atoms with Crippen LogP contribution in [0.5, 0.6) is 0 Å². The standard InChI is InChI=1S/C16H25N3O/c1-19(11-13-3-2-8-20-12-13)16-6-7-17-9-14(16)10-18-15-4-5-15/h6-7,9,13,15,18H,2-5,8,10-12H2,1H3. The molecular weight excluding hydrogens is 250 g/mol. The number of pyridine rings is 1. The highest BCUT2D eigenvalue weighted by atomic mass is 16.5. The Hall–Kier alpha value is -1.13. The van der Waals surface area contributed by atoms with E-state index in [4.69, 9.17) is 4.74 Å². The molecule has 4 nitrogen and oxygen atoms in total. The fourth-order valence-corrected chi connectivity index (χ4v) is 2.91. The summed E-state index contributed by atoms with van der Waals surface area (Å²) in [5, 5.41) is 3.58. The van der Waals surface area contributed by atoms with Crippen molar-refractivity contribution in [3.05, 3.63) is 24.0 Å². The molecule has 0 aromatic carbocycles. The lowest BCUT2D eigenvalue weighted by Gasteiger charge is -2.29. The van der Waals surface area contributed by atoms with E-state index < -0.39 is 0 Å². The molecule has 0 radical (unpaired) electrons. The van der Waals surface area contributed by atoms with E-state index in [1.807, 2.05) is 12.4 Å². The van der Waals surface area contributed by atoms with Gasteiger partial charge in [0.1, 0.15) is 0 Å². The van der Waals surface area contributed by atoms with E-state index in [1.165, 1.54) is 36.9 Å². The molecule has 2 heterocycles. The fraction of sp³-hybridized carbons (Fsp3) is 0.688. The predicted octanol–water partition coefficient (Wildman–Crippen LogP) is 2.20. The Balaban J connectivity index is 1.61. The van der Waals surface area contributed by atoms with Crippen LogP contribution in [0.1, 0.15) is 31.2 Å². The molecule has 1 saturated carbocycles. The normalized spacial score (nSPS) is 22.8. The van der Waals surface area contributed by atoms with Crippen molar-refractivity contribution in [1.29, 1.82) is 0 Å². The van der Waals surface area contributed by atoms with Gasteiger partial charge in [0.05, 0.1) is 6.61 Å². The Labute approximate surface area is 121 Å². The number of nitrogens with zero attached hydrogens (tertiary/aromatic N) is 2. The number of ether oxygens (including phenoxy) is 1. The number of hydrogen-bond donors (Lipinski definition) is 1. The Morgan fingerprint density at radius 2 is 2.30 bits per heavy atom. The molecule has 20 heavy (non-hydrogen) atoms. The monoisotopic (exact) mass is 275 g/mol. The molecule has 1 unspecified atom stereocenters. The molecule has 1 aliphatic carbocycles. The minimum Gasteiger partial charge on any atom is -0.381 e. The van der Waals surface area contributed by atoms with Gasteiger partial charge in [0.15, 0.2) is 0 Å². The van der Waals surface area contributed by atoms with Crippen LogP contribution in [0, 0.1) is 5.92 Å². The van der Waals surface area contributed by atoms with Gasteiger partial charge in [0, 0.05) is 56.4 Å². The second-order valence-corrected chi connectivity index (χ2v) is 6.12. The number of hydrogen-bond acceptors (Lipinski definition) is 4. The topological polar surface area (TPSA) is 37.4 Å². The average molecular weight is 275 g/mol. The first-order valence-electron chi connectivity index (χ1n) is 7.78. The summed E-state index contributed by atoms with van der Waals surface area (Å²) in [6.45, 7) is 3.84. The molecule has 0 spiro atoms. The summed E-state index contributed by atoms with van der Waals surface area (Å²) in [4.78, 5) is 6.65. The number of rotatable bonds is 6. The van der Waals surface area contributed by atoms with Gasteiger partial charge in [-0.25, -0.2) is 0 Å². The minimum absolute atomic E-state index is 0.658. The second-order valence-electron chi connectivity index (χ2n) is 6.12. The van der Waals surface area contributed by atoms with E-state index in [0.717, 1.165) is 32.3 Å². The lowest BCUT2D eigenvalue weighted by molar-refractivity contribution is 0.0576. The van der Waals surface area contributed by atoms with E-state index in [1.54, 1.807) is 0 Å². The van der Waals surface area contributed by atoms with Crippen LogP contribution in [0.4, 0.5) is 5.69 Å². The van der Waals surface area contributed by atoms with Crippen molar-refractivity contribution in [1.82, 2.24) is 10.3 Å². The highest BCUT2D eigenvalue weighted by Crippen LogP contribution is 2.24. The summed E-state index contributed by atoms with van der Waals surface area (Å²) >= 11 is 0. The van der Waals surface area contributed by atoms with Gasteiger partial charge < -0.3 is 15.0 Å². The Kier molecular flexibility index (Phi) is 4.53. The smallest absolute Gasteiger partial charge is 0.0511 e. The maximum atomic E-state index is 5.58. The first kappa shape index (κ1) is 13.8. The van der Waals surface area contributed by atoms with Gasteiger partial charge in [-0.15, -0.1) is 0 Å². The number of nitrogens with one attached hydrogen (secondary N) is 1. The predicted molar refractivity (Wildman–Crippen MR) is 80.9 cm³/mol. The summed E-state index contributed by atoms with van der Waals surface area (Å²) in [5.41, 5.74) is 2.61. The quantitative estimate of drug-likeness (QED) is 0.863. The Morgan fingerprint density at radius 3 is 3.05 bits per heavy atom. The van der Waals surface area contributed by atoms with Crippen molar-refractivity contribution in [3.63, 3.8) is 0 Å².